The molecular weight excluding hydrogens is 172 g/mol. The van der Waals surface area contributed by atoms with Crippen molar-refractivity contribution in [3.63, 3.8) is 0 Å². The summed E-state index contributed by atoms with van der Waals surface area (Å²) >= 11 is 1.79. The van der Waals surface area contributed by atoms with Gasteiger partial charge in [-0.3, -0.25) is 9.10 Å². The van der Waals surface area contributed by atoms with Gasteiger partial charge >= 0.3 is 0 Å². The molecule has 0 aromatic rings. The van der Waals surface area contributed by atoms with Crippen LogP contribution in [0.5, 0.6) is 0 Å². The van der Waals surface area contributed by atoms with E-state index in [0.29, 0.717) is 5.92 Å². The van der Waals surface area contributed by atoms with Gasteiger partial charge in [0.15, 0.2) is 0 Å². The maximum atomic E-state index is 10.6. The van der Waals surface area contributed by atoms with Crippen LogP contribution in [0.3, 0.4) is 0 Å². The first-order valence-corrected chi connectivity index (χ1v) is 5.44. The predicted octanol–water partition coefficient (Wildman–Crippen LogP) is 0.722. The van der Waals surface area contributed by atoms with Crippen LogP contribution in [-0.4, -0.2) is 36.1 Å². The molecule has 4 heteroatoms. The van der Waals surface area contributed by atoms with Gasteiger partial charge in [-0.05, 0) is 18.6 Å². The lowest BCUT2D eigenvalue weighted by atomic mass is 10.1. The largest absolute Gasteiger partial charge is 0.356 e. The van der Waals surface area contributed by atoms with Crippen LogP contribution in [0.4, 0.5) is 0 Å². The Bertz CT molecular complexity index is 163. The van der Waals surface area contributed by atoms with E-state index < -0.39 is 0 Å². The third-order valence-electron chi connectivity index (χ3n) is 2.15. The molecule has 1 saturated heterocycles. The Morgan fingerprint density at radius 2 is 2.50 bits per heavy atom. The van der Waals surface area contributed by atoms with Crippen LogP contribution in [-0.2, 0) is 4.79 Å². The van der Waals surface area contributed by atoms with Crippen molar-refractivity contribution in [2.75, 3.05) is 25.9 Å². The summed E-state index contributed by atoms with van der Waals surface area (Å²) in [7, 11) is 0. The van der Waals surface area contributed by atoms with Crippen LogP contribution >= 0.6 is 11.9 Å². The lowest BCUT2D eigenvalue weighted by Crippen LogP contribution is -2.28. The molecule has 1 heterocycles. The lowest BCUT2D eigenvalue weighted by Gasteiger charge is -2.11. The summed E-state index contributed by atoms with van der Waals surface area (Å²) in [5.41, 5.74) is 0. The van der Waals surface area contributed by atoms with Crippen LogP contribution in [0.15, 0.2) is 0 Å². The zero-order valence-corrected chi connectivity index (χ0v) is 8.49. The van der Waals surface area contributed by atoms with E-state index in [1.807, 2.05) is 0 Å². The number of carbonyl (C=O) groups excluding carboxylic acids is 1. The normalized spacial score (nSPS) is 24.3. The van der Waals surface area contributed by atoms with E-state index in [9.17, 15) is 4.79 Å². The standard InChI is InChI=1S/C8H16N2OS/c1-7(11)9-5-8-3-4-10(6-8)12-2/h8H,3-6H2,1-2H3,(H,9,11). The number of amides is 1. The van der Waals surface area contributed by atoms with Crippen LogP contribution < -0.4 is 5.32 Å². The minimum Gasteiger partial charge on any atom is -0.356 e. The Labute approximate surface area is 78.0 Å². The fraction of sp³-hybridized carbons (Fsp3) is 0.875. The van der Waals surface area contributed by atoms with E-state index in [0.717, 1.165) is 19.6 Å². The van der Waals surface area contributed by atoms with Crippen molar-refractivity contribution in [2.45, 2.75) is 13.3 Å². The maximum absolute atomic E-state index is 10.6. The molecule has 12 heavy (non-hydrogen) atoms. The molecule has 1 fully saturated rings. The summed E-state index contributed by atoms with van der Waals surface area (Å²) in [4.78, 5) is 10.6. The smallest absolute Gasteiger partial charge is 0.216 e. The highest BCUT2D eigenvalue weighted by Gasteiger charge is 2.21. The van der Waals surface area contributed by atoms with Gasteiger partial charge in [-0.15, -0.1) is 0 Å². The number of hydrogen-bond donors (Lipinski definition) is 1. The van der Waals surface area contributed by atoms with Crippen molar-refractivity contribution >= 4 is 17.9 Å². The van der Waals surface area contributed by atoms with Crippen molar-refractivity contribution in [2.24, 2.45) is 5.92 Å². The summed E-state index contributed by atoms with van der Waals surface area (Å²) in [6, 6.07) is 0. The summed E-state index contributed by atoms with van der Waals surface area (Å²) in [5, 5.41) is 2.86. The molecule has 1 amide bonds. The molecule has 1 atom stereocenters. The van der Waals surface area contributed by atoms with Crippen molar-refractivity contribution < 1.29 is 4.79 Å². The van der Waals surface area contributed by atoms with Crippen LogP contribution in [0.2, 0.25) is 0 Å². The highest BCUT2D eigenvalue weighted by atomic mass is 32.2. The van der Waals surface area contributed by atoms with Gasteiger partial charge in [0.05, 0.1) is 0 Å². The van der Waals surface area contributed by atoms with E-state index in [4.69, 9.17) is 0 Å². The van der Waals surface area contributed by atoms with Gasteiger partial charge in [-0.25, -0.2) is 0 Å². The molecule has 0 aromatic heterocycles. The molecule has 0 saturated carbocycles. The predicted molar refractivity (Wildman–Crippen MR) is 51.9 cm³/mol. The fourth-order valence-corrected chi connectivity index (χ4v) is 2.07. The van der Waals surface area contributed by atoms with Gasteiger partial charge in [-0.1, -0.05) is 11.9 Å². The first-order valence-electron chi connectivity index (χ1n) is 4.26. The number of nitrogens with zero attached hydrogens (tertiary/aromatic N) is 1. The Morgan fingerprint density at radius 3 is 3.00 bits per heavy atom. The number of carbonyl (C=O) groups is 1. The fourth-order valence-electron chi connectivity index (χ4n) is 1.42. The molecule has 1 rings (SSSR count). The first kappa shape index (κ1) is 9.86. The maximum Gasteiger partial charge on any atom is 0.216 e. The highest BCUT2D eigenvalue weighted by molar-refractivity contribution is 7.96. The average Bonchev–Trinajstić information content (AvgIpc) is 2.48. The average molecular weight is 188 g/mol. The van der Waals surface area contributed by atoms with Crippen LogP contribution in [0.25, 0.3) is 0 Å². The number of nitrogens with one attached hydrogen (secondary N) is 1. The third-order valence-corrected chi connectivity index (χ3v) is 2.99. The van der Waals surface area contributed by atoms with E-state index in [1.165, 1.54) is 6.42 Å². The van der Waals surface area contributed by atoms with E-state index in [-0.39, 0.29) is 5.91 Å². The lowest BCUT2D eigenvalue weighted by molar-refractivity contribution is -0.119. The Balaban J connectivity index is 2.15. The summed E-state index contributed by atoms with van der Waals surface area (Å²) in [6.45, 7) is 4.68. The molecule has 0 spiro atoms. The van der Waals surface area contributed by atoms with Crippen LogP contribution in [0, 0.1) is 5.92 Å². The van der Waals surface area contributed by atoms with Gasteiger partial charge in [-0.2, -0.15) is 0 Å². The summed E-state index contributed by atoms with van der Waals surface area (Å²) < 4.78 is 2.34. The molecular formula is C8H16N2OS. The molecule has 0 bridgehead atoms. The zero-order chi connectivity index (χ0) is 8.97. The molecule has 0 radical (unpaired) electrons. The Kier molecular flexibility index (Phi) is 3.88. The molecule has 0 aromatic carbocycles. The summed E-state index contributed by atoms with van der Waals surface area (Å²) in [5.74, 6) is 0.735. The molecule has 0 aliphatic carbocycles. The molecule has 1 N–H and O–H groups in total. The first-order chi connectivity index (χ1) is 5.72. The Hall–Kier alpha value is -0.220. The molecule has 1 aliphatic rings. The van der Waals surface area contributed by atoms with E-state index in [2.05, 4.69) is 15.9 Å². The number of hydrogen-bond acceptors (Lipinski definition) is 3. The molecule has 3 nitrogen and oxygen atoms in total. The van der Waals surface area contributed by atoms with Gasteiger partial charge in [0.2, 0.25) is 5.91 Å². The topological polar surface area (TPSA) is 32.3 Å². The van der Waals surface area contributed by atoms with Gasteiger partial charge in [0, 0.05) is 26.6 Å². The van der Waals surface area contributed by atoms with Gasteiger partial charge in [0.1, 0.15) is 0 Å². The monoisotopic (exact) mass is 188 g/mol. The second kappa shape index (κ2) is 4.72. The number of rotatable bonds is 3. The quantitative estimate of drug-likeness (QED) is 0.662. The van der Waals surface area contributed by atoms with Gasteiger partial charge < -0.3 is 5.32 Å². The van der Waals surface area contributed by atoms with Crippen molar-refractivity contribution in [3.8, 4) is 0 Å². The second-order valence-electron chi connectivity index (χ2n) is 3.16. The molecule has 1 aliphatic heterocycles. The zero-order valence-electron chi connectivity index (χ0n) is 7.67. The Morgan fingerprint density at radius 1 is 1.75 bits per heavy atom. The summed E-state index contributed by atoms with van der Waals surface area (Å²) in [6.07, 6.45) is 3.31. The highest BCUT2D eigenvalue weighted by Crippen LogP contribution is 2.20. The third kappa shape index (κ3) is 3.03. The van der Waals surface area contributed by atoms with Crippen LogP contribution in [0.1, 0.15) is 13.3 Å². The molecule has 70 valence electrons. The van der Waals surface area contributed by atoms with Crippen molar-refractivity contribution in [1.29, 1.82) is 0 Å². The van der Waals surface area contributed by atoms with Gasteiger partial charge in [0.25, 0.3) is 0 Å². The van der Waals surface area contributed by atoms with E-state index in [1.54, 1.807) is 18.9 Å². The van der Waals surface area contributed by atoms with E-state index >= 15 is 0 Å². The second-order valence-corrected chi connectivity index (χ2v) is 4.04. The minimum atomic E-state index is 0.0811. The molecule has 1 unspecified atom stereocenters. The minimum absolute atomic E-state index is 0.0811. The SMILES string of the molecule is CSN1CCC(CNC(C)=O)C1. The van der Waals surface area contributed by atoms with Crippen molar-refractivity contribution in [1.82, 2.24) is 9.62 Å². The van der Waals surface area contributed by atoms with Crippen molar-refractivity contribution in [3.05, 3.63) is 0 Å².